The molecule has 0 unspecified atom stereocenters. The van der Waals surface area contributed by atoms with Gasteiger partial charge in [-0.15, -0.1) is 0 Å². The molecule has 74 valence electrons. The summed E-state index contributed by atoms with van der Waals surface area (Å²) in [7, 11) is 0. The molecule has 0 bridgehead atoms. The van der Waals surface area contributed by atoms with Crippen molar-refractivity contribution in [3.8, 4) is 11.8 Å². The fourth-order valence-electron chi connectivity index (χ4n) is 0.960. The van der Waals surface area contributed by atoms with Crippen molar-refractivity contribution in [1.82, 2.24) is 5.32 Å². The third-order valence-electron chi connectivity index (χ3n) is 1.56. The Hall–Kier alpha value is -1.40. The van der Waals surface area contributed by atoms with Gasteiger partial charge in [0.05, 0.1) is 6.54 Å². The van der Waals surface area contributed by atoms with Gasteiger partial charge in [-0.3, -0.25) is 0 Å². The highest BCUT2D eigenvalue weighted by atomic mass is 19.1. The van der Waals surface area contributed by atoms with Crippen molar-refractivity contribution in [2.24, 2.45) is 0 Å². The number of hydrogen-bond donors (Lipinski definition) is 1. The predicted octanol–water partition coefficient (Wildman–Crippen LogP) is 1.93. The largest absolute Gasteiger partial charge is 0.306 e. The van der Waals surface area contributed by atoms with Crippen LogP contribution in [0.2, 0.25) is 0 Å². The quantitative estimate of drug-likeness (QED) is 0.561. The van der Waals surface area contributed by atoms with Crippen LogP contribution in [-0.2, 0) is 0 Å². The number of nitrogens with one attached hydrogen (secondary N) is 1. The number of hydrogen-bond acceptors (Lipinski definition) is 1. The van der Waals surface area contributed by atoms with Crippen LogP contribution in [0, 0.1) is 23.5 Å². The van der Waals surface area contributed by atoms with Crippen LogP contribution in [0.1, 0.15) is 12.5 Å². The van der Waals surface area contributed by atoms with Crippen LogP contribution < -0.4 is 5.32 Å². The minimum absolute atomic E-state index is 0.361. The molecule has 0 saturated heterocycles. The van der Waals surface area contributed by atoms with Gasteiger partial charge in [-0.1, -0.05) is 18.8 Å². The Morgan fingerprint density at radius 1 is 1.21 bits per heavy atom. The van der Waals surface area contributed by atoms with Crippen LogP contribution in [-0.4, -0.2) is 13.1 Å². The first-order valence-electron chi connectivity index (χ1n) is 4.38. The standard InChI is InChI=1S/C11H11F2N/c1-2-14-5-3-4-9-6-10(12)8-11(13)7-9/h6-8,14H,2,5H2,1H3. The number of benzene rings is 1. The smallest absolute Gasteiger partial charge is 0.127 e. The van der Waals surface area contributed by atoms with E-state index in [1.54, 1.807) is 0 Å². The lowest BCUT2D eigenvalue weighted by atomic mass is 10.2. The van der Waals surface area contributed by atoms with E-state index in [4.69, 9.17) is 0 Å². The maximum Gasteiger partial charge on any atom is 0.127 e. The molecule has 0 fully saturated rings. The third-order valence-corrected chi connectivity index (χ3v) is 1.56. The summed E-state index contributed by atoms with van der Waals surface area (Å²) >= 11 is 0. The fraction of sp³-hybridized carbons (Fsp3) is 0.273. The lowest BCUT2D eigenvalue weighted by Gasteiger charge is -1.93. The Morgan fingerprint density at radius 2 is 1.86 bits per heavy atom. The first-order chi connectivity index (χ1) is 6.72. The maximum atomic E-state index is 12.7. The predicted molar refractivity (Wildman–Crippen MR) is 51.8 cm³/mol. The highest BCUT2D eigenvalue weighted by molar-refractivity contribution is 5.35. The van der Waals surface area contributed by atoms with Crippen LogP contribution in [0.3, 0.4) is 0 Å². The zero-order valence-electron chi connectivity index (χ0n) is 7.90. The van der Waals surface area contributed by atoms with Gasteiger partial charge in [-0.25, -0.2) is 8.78 Å². The van der Waals surface area contributed by atoms with Crippen molar-refractivity contribution < 1.29 is 8.78 Å². The van der Waals surface area contributed by atoms with Crippen molar-refractivity contribution in [2.45, 2.75) is 6.92 Å². The first kappa shape index (κ1) is 10.7. The molecule has 1 aromatic rings. The van der Waals surface area contributed by atoms with Crippen LogP contribution >= 0.6 is 0 Å². The second kappa shape index (κ2) is 5.36. The molecule has 0 spiro atoms. The fourth-order valence-corrected chi connectivity index (χ4v) is 0.960. The van der Waals surface area contributed by atoms with Gasteiger partial charge in [-0.05, 0) is 18.7 Å². The maximum absolute atomic E-state index is 12.7. The Kier molecular flexibility index (Phi) is 4.09. The molecule has 0 aliphatic heterocycles. The van der Waals surface area contributed by atoms with Crippen molar-refractivity contribution in [2.75, 3.05) is 13.1 Å². The van der Waals surface area contributed by atoms with Crippen LogP contribution in [0.4, 0.5) is 8.78 Å². The van der Waals surface area contributed by atoms with E-state index in [1.165, 1.54) is 12.1 Å². The van der Waals surface area contributed by atoms with E-state index in [9.17, 15) is 8.78 Å². The van der Waals surface area contributed by atoms with Gasteiger partial charge in [0.15, 0.2) is 0 Å². The van der Waals surface area contributed by atoms with E-state index in [0.29, 0.717) is 12.1 Å². The summed E-state index contributed by atoms with van der Waals surface area (Å²) in [5.41, 5.74) is 0.361. The molecule has 1 aromatic carbocycles. The molecule has 1 nitrogen and oxygen atoms in total. The van der Waals surface area contributed by atoms with E-state index in [-0.39, 0.29) is 0 Å². The summed E-state index contributed by atoms with van der Waals surface area (Å²) in [6, 6.07) is 3.25. The van der Waals surface area contributed by atoms with Crippen molar-refractivity contribution >= 4 is 0 Å². The third kappa shape index (κ3) is 3.55. The minimum Gasteiger partial charge on any atom is -0.306 e. The van der Waals surface area contributed by atoms with Gasteiger partial charge in [0, 0.05) is 11.6 Å². The summed E-state index contributed by atoms with van der Waals surface area (Å²) in [6.07, 6.45) is 0. The van der Waals surface area contributed by atoms with Gasteiger partial charge in [0.1, 0.15) is 11.6 Å². The minimum atomic E-state index is -0.599. The van der Waals surface area contributed by atoms with Crippen LogP contribution in [0.25, 0.3) is 0 Å². The van der Waals surface area contributed by atoms with E-state index in [0.717, 1.165) is 12.6 Å². The first-order valence-corrected chi connectivity index (χ1v) is 4.38. The normalized spacial score (nSPS) is 9.36. The van der Waals surface area contributed by atoms with Gasteiger partial charge in [-0.2, -0.15) is 0 Å². The second-order valence-electron chi connectivity index (χ2n) is 2.74. The Bertz CT molecular complexity index is 343. The van der Waals surface area contributed by atoms with Crippen molar-refractivity contribution in [3.63, 3.8) is 0 Å². The molecule has 0 aliphatic rings. The molecule has 1 N–H and O–H groups in total. The zero-order chi connectivity index (χ0) is 10.4. The lowest BCUT2D eigenvalue weighted by molar-refractivity contribution is 0.582. The van der Waals surface area contributed by atoms with Crippen LogP contribution in [0.5, 0.6) is 0 Å². The van der Waals surface area contributed by atoms with Gasteiger partial charge in [0.25, 0.3) is 0 Å². The molecule has 0 aliphatic carbocycles. The second-order valence-corrected chi connectivity index (χ2v) is 2.74. The highest BCUT2D eigenvalue weighted by Gasteiger charge is 1.96. The Balaban J connectivity index is 2.69. The average Bonchev–Trinajstić information content (AvgIpc) is 2.11. The summed E-state index contributed by atoms with van der Waals surface area (Å²) in [4.78, 5) is 0. The van der Waals surface area contributed by atoms with E-state index < -0.39 is 11.6 Å². The SMILES string of the molecule is CCNCC#Cc1cc(F)cc(F)c1. The van der Waals surface area contributed by atoms with Crippen molar-refractivity contribution in [1.29, 1.82) is 0 Å². The average molecular weight is 195 g/mol. The van der Waals surface area contributed by atoms with E-state index >= 15 is 0 Å². The summed E-state index contributed by atoms with van der Waals surface area (Å²) in [5, 5.41) is 2.99. The molecule has 0 radical (unpaired) electrons. The molecule has 0 heterocycles. The molecule has 0 amide bonds. The molecular weight excluding hydrogens is 184 g/mol. The molecule has 0 aromatic heterocycles. The van der Waals surface area contributed by atoms with Gasteiger partial charge >= 0.3 is 0 Å². The summed E-state index contributed by atoms with van der Waals surface area (Å²) < 4.78 is 25.4. The molecule has 3 heteroatoms. The lowest BCUT2D eigenvalue weighted by Crippen LogP contribution is -2.11. The molecule has 1 rings (SSSR count). The van der Waals surface area contributed by atoms with E-state index in [2.05, 4.69) is 17.2 Å². The highest BCUT2D eigenvalue weighted by Crippen LogP contribution is 2.06. The van der Waals surface area contributed by atoms with E-state index in [1.807, 2.05) is 6.92 Å². The van der Waals surface area contributed by atoms with Crippen LogP contribution in [0.15, 0.2) is 18.2 Å². The summed E-state index contributed by atoms with van der Waals surface area (Å²) in [5.74, 6) is 4.23. The summed E-state index contributed by atoms with van der Waals surface area (Å²) in [6.45, 7) is 3.31. The number of rotatable bonds is 2. The van der Waals surface area contributed by atoms with Gasteiger partial charge in [0.2, 0.25) is 0 Å². The molecule has 0 atom stereocenters. The zero-order valence-corrected chi connectivity index (χ0v) is 7.90. The monoisotopic (exact) mass is 195 g/mol. The molecule has 14 heavy (non-hydrogen) atoms. The molecule has 0 saturated carbocycles. The number of halogens is 2. The Labute approximate surface area is 82.1 Å². The van der Waals surface area contributed by atoms with Gasteiger partial charge < -0.3 is 5.32 Å². The topological polar surface area (TPSA) is 12.0 Å². The Morgan fingerprint density at radius 3 is 2.43 bits per heavy atom. The van der Waals surface area contributed by atoms with Crippen molar-refractivity contribution in [3.05, 3.63) is 35.4 Å². The molecular formula is C11H11F2N.